The highest BCUT2D eigenvalue weighted by Gasteiger charge is 2.35. The molecule has 7 nitrogen and oxygen atoms in total. The molecule has 2 amide bonds. The van der Waals surface area contributed by atoms with Crippen LogP contribution in [0.5, 0.6) is 0 Å². The third kappa shape index (κ3) is 3.07. The van der Waals surface area contributed by atoms with Gasteiger partial charge in [0.25, 0.3) is 5.91 Å². The second kappa shape index (κ2) is 5.48. The van der Waals surface area contributed by atoms with Crippen molar-refractivity contribution >= 4 is 17.6 Å². The number of amides is 2. The Balaban J connectivity index is 1.57. The molecule has 3 rings (SSSR count). The number of hydrogen-bond acceptors (Lipinski definition) is 4. The van der Waals surface area contributed by atoms with Crippen molar-refractivity contribution in [1.29, 1.82) is 0 Å². The minimum absolute atomic E-state index is 0.0576. The van der Waals surface area contributed by atoms with Crippen LogP contribution in [-0.4, -0.2) is 46.8 Å². The first kappa shape index (κ1) is 14.1. The SMILES string of the molecule is Cc1cc(N2CCC(NC(=O)CNC3CC3)C2=O)n(C)n1. The Morgan fingerprint density at radius 1 is 1.43 bits per heavy atom. The summed E-state index contributed by atoms with van der Waals surface area (Å²) in [5, 5.41) is 10.2. The monoisotopic (exact) mass is 291 g/mol. The van der Waals surface area contributed by atoms with Crippen LogP contribution in [-0.2, 0) is 16.6 Å². The molecule has 2 heterocycles. The standard InChI is InChI=1S/C14H21N5O2/c1-9-7-13(18(2)17-9)19-6-5-11(14(19)21)16-12(20)8-15-10-3-4-10/h7,10-11,15H,3-6,8H2,1-2H3,(H,16,20). The van der Waals surface area contributed by atoms with E-state index < -0.39 is 6.04 Å². The van der Waals surface area contributed by atoms with E-state index in [2.05, 4.69) is 15.7 Å². The van der Waals surface area contributed by atoms with Crippen LogP contribution in [0.3, 0.4) is 0 Å². The number of carbonyl (C=O) groups is 2. The van der Waals surface area contributed by atoms with Crippen LogP contribution in [0.2, 0.25) is 0 Å². The van der Waals surface area contributed by atoms with E-state index in [1.54, 1.807) is 9.58 Å². The predicted molar refractivity (Wildman–Crippen MR) is 77.9 cm³/mol. The lowest BCUT2D eigenvalue weighted by molar-refractivity contribution is -0.125. The number of aryl methyl sites for hydroxylation is 2. The minimum atomic E-state index is -0.422. The summed E-state index contributed by atoms with van der Waals surface area (Å²) in [5.74, 6) is 0.617. The van der Waals surface area contributed by atoms with E-state index in [1.807, 2.05) is 20.0 Å². The highest BCUT2D eigenvalue weighted by molar-refractivity contribution is 6.00. The van der Waals surface area contributed by atoms with Gasteiger partial charge in [-0.05, 0) is 26.2 Å². The van der Waals surface area contributed by atoms with E-state index >= 15 is 0 Å². The Morgan fingerprint density at radius 3 is 2.81 bits per heavy atom. The average Bonchev–Trinajstić information content (AvgIpc) is 3.12. The second-order valence-corrected chi connectivity index (χ2v) is 5.82. The molecule has 0 aromatic carbocycles. The topological polar surface area (TPSA) is 79.3 Å². The Bertz CT molecular complexity index is 564. The van der Waals surface area contributed by atoms with Gasteiger partial charge in [0, 0.05) is 25.7 Å². The van der Waals surface area contributed by atoms with Crippen molar-refractivity contribution in [3.8, 4) is 0 Å². The Hall–Kier alpha value is -1.89. The summed E-state index contributed by atoms with van der Waals surface area (Å²) in [6.45, 7) is 2.80. The van der Waals surface area contributed by atoms with Crippen LogP contribution < -0.4 is 15.5 Å². The molecular formula is C14H21N5O2. The van der Waals surface area contributed by atoms with Crippen LogP contribution >= 0.6 is 0 Å². The summed E-state index contributed by atoms with van der Waals surface area (Å²) in [6, 6.07) is 1.95. The Labute approximate surface area is 123 Å². The molecule has 1 aliphatic heterocycles. The van der Waals surface area contributed by atoms with Crippen LogP contribution in [0.25, 0.3) is 0 Å². The van der Waals surface area contributed by atoms with Gasteiger partial charge in [0.1, 0.15) is 11.9 Å². The van der Waals surface area contributed by atoms with Gasteiger partial charge in [-0.1, -0.05) is 0 Å². The fraction of sp³-hybridized carbons (Fsp3) is 0.643. The van der Waals surface area contributed by atoms with Gasteiger partial charge in [-0.3, -0.25) is 19.2 Å². The lowest BCUT2D eigenvalue weighted by Gasteiger charge is -2.17. The quantitative estimate of drug-likeness (QED) is 0.781. The summed E-state index contributed by atoms with van der Waals surface area (Å²) in [4.78, 5) is 25.9. The van der Waals surface area contributed by atoms with Gasteiger partial charge < -0.3 is 10.6 Å². The fourth-order valence-corrected chi connectivity index (χ4v) is 2.66. The summed E-state index contributed by atoms with van der Waals surface area (Å²) in [7, 11) is 1.82. The molecule has 1 aromatic rings. The number of carbonyl (C=O) groups excluding carboxylic acids is 2. The number of anilines is 1. The zero-order chi connectivity index (χ0) is 15.0. The summed E-state index contributed by atoms with van der Waals surface area (Å²) in [6.07, 6.45) is 2.92. The van der Waals surface area contributed by atoms with Gasteiger partial charge in [0.2, 0.25) is 5.91 Å². The number of rotatable bonds is 5. The molecule has 2 aliphatic rings. The van der Waals surface area contributed by atoms with Crippen molar-refractivity contribution in [1.82, 2.24) is 20.4 Å². The molecule has 21 heavy (non-hydrogen) atoms. The third-order valence-corrected chi connectivity index (χ3v) is 3.92. The maximum atomic E-state index is 12.4. The number of aromatic nitrogens is 2. The molecule has 1 aliphatic carbocycles. The third-order valence-electron chi connectivity index (χ3n) is 3.92. The van der Waals surface area contributed by atoms with Gasteiger partial charge in [-0.2, -0.15) is 5.10 Å². The fourth-order valence-electron chi connectivity index (χ4n) is 2.66. The maximum Gasteiger partial charge on any atom is 0.250 e. The maximum absolute atomic E-state index is 12.4. The summed E-state index contributed by atoms with van der Waals surface area (Å²) >= 11 is 0. The first-order chi connectivity index (χ1) is 10.0. The van der Waals surface area contributed by atoms with E-state index in [-0.39, 0.29) is 11.8 Å². The zero-order valence-electron chi connectivity index (χ0n) is 12.4. The van der Waals surface area contributed by atoms with Crippen LogP contribution in [0.15, 0.2) is 6.07 Å². The molecule has 0 radical (unpaired) electrons. The van der Waals surface area contributed by atoms with Gasteiger partial charge in [0.15, 0.2) is 0 Å². The molecular weight excluding hydrogens is 270 g/mol. The first-order valence-corrected chi connectivity index (χ1v) is 7.39. The normalized spacial score (nSPS) is 21.9. The largest absolute Gasteiger partial charge is 0.343 e. The number of hydrogen-bond donors (Lipinski definition) is 2. The van der Waals surface area contributed by atoms with Gasteiger partial charge in [-0.25, -0.2) is 0 Å². The average molecular weight is 291 g/mol. The van der Waals surface area contributed by atoms with Crippen molar-refractivity contribution in [3.05, 3.63) is 11.8 Å². The molecule has 0 bridgehead atoms. The van der Waals surface area contributed by atoms with E-state index in [1.165, 1.54) is 0 Å². The van der Waals surface area contributed by atoms with E-state index in [0.717, 1.165) is 24.4 Å². The number of nitrogens with zero attached hydrogens (tertiary/aromatic N) is 3. The second-order valence-electron chi connectivity index (χ2n) is 5.82. The Kier molecular flexibility index (Phi) is 3.67. The van der Waals surface area contributed by atoms with Crippen molar-refractivity contribution in [2.75, 3.05) is 18.0 Å². The summed E-state index contributed by atoms with van der Waals surface area (Å²) in [5.41, 5.74) is 0.876. The lowest BCUT2D eigenvalue weighted by Crippen LogP contribution is -2.45. The van der Waals surface area contributed by atoms with Gasteiger partial charge in [-0.15, -0.1) is 0 Å². The lowest BCUT2D eigenvalue weighted by atomic mass is 10.2. The Morgan fingerprint density at radius 2 is 2.19 bits per heavy atom. The highest BCUT2D eigenvalue weighted by Crippen LogP contribution is 2.22. The van der Waals surface area contributed by atoms with Crippen molar-refractivity contribution in [3.63, 3.8) is 0 Å². The van der Waals surface area contributed by atoms with E-state index in [0.29, 0.717) is 25.6 Å². The van der Waals surface area contributed by atoms with Gasteiger partial charge >= 0.3 is 0 Å². The highest BCUT2D eigenvalue weighted by atomic mass is 16.2. The van der Waals surface area contributed by atoms with Crippen molar-refractivity contribution in [2.24, 2.45) is 7.05 Å². The summed E-state index contributed by atoms with van der Waals surface area (Å²) < 4.78 is 1.70. The van der Waals surface area contributed by atoms with Crippen LogP contribution in [0.1, 0.15) is 25.0 Å². The molecule has 2 N–H and O–H groups in total. The van der Waals surface area contributed by atoms with Crippen molar-refractivity contribution < 1.29 is 9.59 Å². The molecule has 114 valence electrons. The molecule has 1 saturated carbocycles. The van der Waals surface area contributed by atoms with Gasteiger partial charge in [0.05, 0.1) is 12.2 Å². The zero-order valence-corrected chi connectivity index (χ0v) is 12.4. The van der Waals surface area contributed by atoms with E-state index in [9.17, 15) is 9.59 Å². The smallest absolute Gasteiger partial charge is 0.250 e. The molecule has 1 unspecified atom stereocenters. The van der Waals surface area contributed by atoms with Crippen LogP contribution in [0, 0.1) is 6.92 Å². The number of nitrogens with one attached hydrogen (secondary N) is 2. The minimum Gasteiger partial charge on any atom is -0.343 e. The molecule has 0 spiro atoms. The molecule has 2 fully saturated rings. The molecule has 1 saturated heterocycles. The van der Waals surface area contributed by atoms with E-state index in [4.69, 9.17) is 0 Å². The molecule has 1 aromatic heterocycles. The molecule has 7 heteroatoms. The predicted octanol–water partition coefficient (Wildman–Crippen LogP) is -0.298. The van der Waals surface area contributed by atoms with Crippen LogP contribution in [0.4, 0.5) is 5.82 Å². The van der Waals surface area contributed by atoms with Crippen molar-refractivity contribution in [2.45, 2.75) is 38.3 Å². The molecule has 1 atom stereocenters. The first-order valence-electron chi connectivity index (χ1n) is 7.39.